The van der Waals surface area contributed by atoms with E-state index in [1.807, 2.05) is 26.0 Å². The Bertz CT molecular complexity index is 299. The van der Waals surface area contributed by atoms with Crippen LogP contribution in [0.3, 0.4) is 0 Å². The summed E-state index contributed by atoms with van der Waals surface area (Å²) in [6, 6.07) is 0. The van der Waals surface area contributed by atoms with Crippen LogP contribution in [0.25, 0.3) is 0 Å². The van der Waals surface area contributed by atoms with Crippen LogP contribution >= 0.6 is 12.6 Å². The van der Waals surface area contributed by atoms with E-state index in [1.54, 1.807) is 0 Å². The summed E-state index contributed by atoms with van der Waals surface area (Å²) in [4.78, 5) is 15.8. The molecule has 0 spiro atoms. The van der Waals surface area contributed by atoms with Crippen molar-refractivity contribution in [2.45, 2.75) is 31.4 Å². The Morgan fingerprint density at radius 1 is 1.25 bits per heavy atom. The van der Waals surface area contributed by atoms with Gasteiger partial charge in [-0.2, -0.15) is 12.6 Å². The monoisotopic (exact) mass is 242 g/mol. The SMILES string of the molecule is CCCCCN(C)C1=C(N(C)C)C(S)C1=O. The van der Waals surface area contributed by atoms with Crippen molar-refractivity contribution in [2.24, 2.45) is 0 Å². The van der Waals surface area contributed by atoms with Crippen LogP contribution in [0.15, 0.2) is 11.4 Å². The molecule has 16 heavy (non-hydrogen) atoms. The maximum Gasteiger partial charge on any atom is 0.199 e. The summed E-state index contributed by atoms with van der Waals surface area (Å²) in [6.45, 7) is 3.13. The molecule has 1 atom stereocenters. The molecule has 0 bridgehead atoms. The number of nitrogens with zero attached hydrogens (tertiary/aromatic N) is 2. The van der Waals surface area contributed by atoms with Gasteiger partial charge in [0.15, 0.2) is 5.78 Å². The van der Waals surface area contributed by atoms with E-state index in [1.165, 1.54) is 12.8 Å². The van der Waals surface area contributed by atoms with Crippen LogP contribution < -0.4 is 0 Å². The molecule has 0 aliphatic heterocycles. The number of rotatable bonds is 6. The van der Waals surface area contributed by atoms with Crippen LogP contribution in [0.4, 0.5) is 0 Å². The number of carbonyl (C=O) groups excluding carboxylic acids is 1. The Morgan fingerprint density at radius 2 is 1.88 bits per heavy atom. The van der Waals surface area contributed by atoms with Crippen LogP contribution in [0.5, 0.6) is 0 Å². The Hall–Kier alpha value is -0.640. The molecule has 92 valence electrons. The number of unbranched alkanes of at least 4 members (excludes halogenated alkanes) is 2. The summed E-state index contributed by atoms with van der Waals surface area (Å²) in [7, 11) is 5.92. The topological polar surface area (TPSA) is 23.6 Å². The molecule has 0 radical (unpaired) electrons. The fourth-order valence-corrected chi connectivity index (χ4v) is 2.46. The van der Waals surface area contributed by atoms with Crippen molar-refractivity contribution in [1.82, 2.24) is 9.80 Å². The van der Waals surface area contributed by atoms with Crippen molar-refractivity contribution in [2.75, 3.05) is 27.7 Å². The van der Waals surface area contributed by atoms with Crippen molar-refractivity contribution >= 4 is 18.4 Å². The summed E-state index contributed by atoms with van der Waals surface area (Å²) in [5, 5.41) is -0.223. The second-order valence-electron chi connectivity index (χ2n) is 4.52. The Kier molecular flexibility index (Phi) is 4.71. The zero-order chi connectivity index (χ0) is 12.3. The van der Waals surface area contributed by atoms with Crippen LogP contribution in [-0.2, 0) is 4.79 Å². The number of hydrogen-bond donors (Lipinski definition) is 1. The van der Waals surface area contributed by atoms with E-state index in [2.05, 4.69) is 24.5 Å². The summed E-state index contributed by atoms with van der Waals surface area (Å²) >= 11 is 4.30. The number of thiol groups is 1. The largest absolute Gasteiger partial charge is 0.378 e. The number of carbonyl (C=O) groups is 1. The van der Waals surface area contributed by atoms with E-state index in [4.69, 9.17) is 0 Å². The molecule has 0 saturated carbocycles. The van der Waals surface area contributed by atoms with Crippen LogP contribution in [0.1, 0.15) is 26.2 Å². The lowest BCUT2D eigenvalue weighted by Crippen LogP contribution is -2.45. The standard InChI is InChI=1S/C12H22N2OS/c1-5-6-7-8-14(4)9-10(13(2)3)12(16)11(9)15/h12,16H,5-8H2,1-4H3. The highest BCUT2D eigenvalue weighted by molar-refractivity contribution is 7.82. The van der Waals surface area contributed by atoms with Gasteiger partial charge in [0.25, 0.3) is 0 Å². The highest BCUT2D eigenvalue weighted by Gasteiger charge is 2.39. The van der Waals surface area contributed by atoms with Crippen LogP contribution in [-0.4, -0.2) is 48.5 Å². The second-order valence-corrected chi connectivity index (χ2v) is 5.04. The zero-order valence-electron chi connectivity index (χ0n) is 10.7. The van der Waals surface area contributed by atoms with Crippen molar-refractivity contribution in [3.8, 4) is 0 Å². The first-order valence-electron chi connectivity index (χ1n) is 5.85. The average Bonchev–Trinajstić information content (AvgIpc) is 2.23. The van der Waals surface area contributed by atoms with E-state index < -0.39 is 0 Å². The van der Waals surface area contributed by atoms with Gasteiger partial charge in [0, 0.05) is 27.7 Å². The van der Waals surface area contributed by atoms with Gasteiger partial charge in [0.1, 0.15) is 10.9 Å². The molecule has 1 aliphatic rings. The van der Waals surface area contributed by atoms with Gasteiger partial charge in [-0.3, -0.25) is 4.79 Å². The van der Waals surface area contributed by atoms with Gasteiger partial charge in [0.05, 0.1) is 5.70 Å². The number of Topliss-reactive ketones (excluding diaryl/α,β-unsaturated/α-hetero) is 1. The molecular formula is C12H22N2OS. The minimum absolute atomic E-state index is 0.158. The fraction of sp³-hybridized carbons (Fsp3) is 0.750. The molecule has 1 unspecified atom stereocenters. The van der Waals surface area contributed by atoms with Gasteiger partial charge < -0.3 is 9.80 Å². The molecule has 0 aromatic heterocycles. The Balaban J connectivity index is 2.66. The van der Waals surface area contributed by atoms with Gasteiger partial charge in [0.2, 0.25) is 0 Å². The smallest absolute Gasteiger partial charge is 0.199 e. The molecule has 0 N–H and O–H groups in total. The first-order chi connectivity index (χ1) is 7.50. The molecule has 0 aromatic carbocycles. The molecule has 0 fully saturated rings. The number of ketones is 1. The fourth-order valence-electron chi connectivity index (χ4n) is 1.98. The van der Waals surface area contributed by atoms with Crippen molar-refractivity contribution in [1.29, 1.82) is 0 Å². The Labute approximate surface area is 104 Å². The third-order valence-electron chi connectivity index (χ3n) is 2.94. The van der Waals surface area contributed by atoms with Crippen molar-refractivity contribution in [3.05, 3.63) is 11.4 Å². The van der Waals surface area contributed by atoms with Crippen LogP contribution in [0.2, 0.25) is 0 Å². The summed E-state index contributed by atoms with van der Waals surface area (Å²) in [6.07, 6.45) is 3.56. The number of allylic oxidation sites excluding steroid dienone is 1. The van der Waals surface area contributed by atoms with Crippen molar-refractivity contribution < 1.29 is 4.79 Å². The van der Waals surface area contributed by atoms with E-state index in [0.29, 0.717) is 0 Å². The third-order valence-corrected chi connectivity index (χ3v) is 3.42. The van der Waals surface area contributed by atoms with E-state index in [-0.39, 0.29) is 11.0 Å². The molecule has 0 amide bonds. The minimum Gasteiger partial charge on any atom is -0.378 e. The summed E-state index contributed by atoms with van der Waals surface area (Å²) in [5.41, 5.74) is 1.90. The van der Waals surface area contributed by atoms with Crippen LogP contribution in [0, 0.1) is 0 Å². The van der Waals surface area contributed by atoms with E-state index in [0.717, 1.165) is 24.4 Å². The lowest BCUT2D eigenvalue weighted by atomic mass is 9.96. The second kappa shape index (κ2) is 5.62. The van der Waals surface area contributed by atoms with Gasteiger partial charge in [-0.25, -0.2) is 0 Å². The highest BCUT2D eigenvalue weighted by Crippen LogP contribution is 2.32. The third kappa shape index (κ3) is 2.54. The van der Waals surface area contributed by atoms with Crippen molar-refractivity contribution in [3.63, 3.8) is 0 Å². The maximum absolute atomic E-state index is 11.7. The van der Waals surface area contributed by atoms with Gasteiger partial charge in [-0.15, -0.1) is 0 Å². The normalized spacial score (nSPS) is 19.8. The molecule has 4 heteroatoms. The van der Waals surface area contributed by atoms with Gasteiger partial charge >= 0.3 is 0 Å². The molecular weight excluding hydrogens is 220 g/mol. The minimum atomic E-state index is -0.223. The molecule has 1 rings (SSSR count). The number of likely N-dealkylation sites (N-methyl/N-ethyl adjacent to an activating group) is 1. The van der Waals surface area contributed by atoms with E-state index in [9.17, 15) is 4.79 Å². The zero-order valence-corrected chi connectivity index (χ0v) is 11.6. The van der Waals surface area contributed by atoms with Gasteiger partial charge in [-0.1, -0.05) is 19.8 Å². The molecule has 0 aromatic rings. The maximum atomic E-state index is 11.7. The highest BCUT2D eigenvalue weighted by atomic mass is 32.1. The lowest BCUT2D eigenvalue weighted by molar-refractivity contribution is -0.118. The van der Waals surface area contributed by atoms with E-state index >= 15 is 0 Å². The summed E-state index contributed by atoms with van der Waals surface area (Å²) < 4.78 is 0. The average molecular weight is 242 g/mol. The van der Waals surface area contributed by atoms with Gasteiger partial charge in [-0.05, 0) is 6.42 Å². The molecule has 1 aliphatic carbocycles. The number of hydrogen-bond acceptors (Lipinski definition) is 4. The Morgan fingerprint density at radius 3 is 2.38 bits per heavy atom. The first-order valence-corrected chi connectivity index (χ1v) is 6.37. The molecule has 0 heterocycles. The lowest BCUT2D eigenvalue weighted by Gasteiger charge is -2.38. The molecule has 0 saturated heterocycles. The first kappa shape index (κ1) is 13.4. The predicted molar refractivity (Wildman–Crippen MR) is 70.6 cm³/mol. The summed E-state index contributed by atoms with van der Waals surface area (Å²) in [5.74, 6) is 0.158. The predicted octanol–water partition coefficient (Wildman–Crippen LogP) is 1.76. The molecule has 3 nitrogen and oxygen atoms in total. The quantitative estimate of drug-likeness (QED) is 0.567.